The molecule has 0 spiro atoms. The Hall–Kier alpha value is 3.06. The number of rotatable bonds is 0. The first kappa shape index (κ1) is 24.4. The fourth-order valence-corrected chi connectivity index (χ4v) is 0. The monoisotopic (exact) mass is 413 g/mol. The Kier molecular flexibility index (Phi) is 135. The van der Waals surface area contributed by atoms with Gasteiger partial charge in [-0.15, -0.1) is 0 Å². The van der Waals surface area contributed by atoms with Crippen LogP contribution in [0, 0.1) is 0 Å². The molecule has 0 saturated heterocycles. The summed E-state index contributed by atoms with van der Waals surface area (Å²) >= 11 is 5.00. The second kappa shape index (κ2) is 27.7. The van der Waals surface area contributed by atoms with Crippen LogP contribution in [0.1, 0.15) is 0 Å². The van der Waals surface area contributed by atoms with Crippen LogP contribution < -0.4 is 0 Å². The van der Waals surface area contributed by atoms with E-state index in [4.69, 9.17) is 0 Å². The molecule has 0 heterocycles. The third-order valence-electron chi connectivity index (χ3n) is 0. The van der Waals surface area contributed by atoms with Gasteiger partial charge in [0.05, 0.1) is 0 Å². The van der Waals surface area contributed by atoms with Crippen molar-refractivity contribution in [3.8, 4) is 0 Å². The molecule has 0 fully saturated rings. The van der Waals surface area contributed by atoms with E-state index < -0.39 is 0 Å². The van der Waals surface area contributed by atoms with Crippen molar-refractivity contribution in [3.05, 3.63) is 0 Å². The van der Waals surface area contributed by atoms with Crippen LogP contribution in [0.4, 0.5) is 0 Å². The molecule has 0 nitrogen and oxygen atoms in total. The zero-order valence-corrected chi connectivity index (χ0v) is 5.49. The van der Waals surface area contributed by atoms with E-state index in [1.54, 1.807) is 0 Å². The van der Waals surface area contributed by atoms with Crippen molar-refractivity contribution in [2.24, 2.45) is 0 Å². The molecule has 0 amide bonds. The van der Waals surface area contributed by atoms with E-state index >= 15 is 0 Å². The standard InChI is InChI=1S/Cu.Ga.In.Se2.6H/c;;;1-2;;;;;;. The molecule has 5 heteroatoms. The summed E-state index contributed by atoms with van der Waals surface area (Å²) in [6.45, 7) is 0. The van der Waals surface area contributed by atoms with Gasteiger partial charge in [-0.05, 0) is 0 Å². The molecule has 0 bridgehead atoms. The summed E-state index contributed by atoms with van der Waals surface area (Å²) in [6.07, 6.45) is 0. The van der Waals surface area contributed by atoms with Gasteiger partial charge in [-0.25, -0.2) is 0 Å². The Morgan fingerprint density at radius 1 is 1.00 bits per heavy atom. The second-order valence-corrected chi connectivity index (χ2v) is 0. The first-order valence-corrected chi connectivity index (χ1v) is 4.50. The van der Waals surface area contributed by atoms with Crippen LogP contribution in [-0.2, 0) is 17.1 Å². The third-order valence-corrected chi connectivity index (χ3v) is 0. The van der Waals surface area contributed by atoms with Gasteiger partial charge in [0.15, 0.2) is 0 Å². The van der Waals surface area contributed by atoms with Crippen molar-refractivity contribution in [3.63, 3.8) is 0 Å². The Morgan fingerprint density at radius 2 is 1.00 bits per heavy atom. The van der Waals surface area contributed by atoms with Crippen LogP contribution in [0.2, 0.25) is 0 Å². The molecule has 0 rings (SSSR count). The minimum atomic E-state index is 0. The van der Waals surface area contributed by atoms with Crippen LogP contribution >= 0.6 is 0 Å². The Morgan fingerprint density at radius 3 is 1.00 bits per heavy atom. The number of hydrogen-bond donors (Lipinski definition) is 0. The summed E-state index contributed by atoms with van der Waals surface area (Å²) in [7, 11) is 0. The van der Waals surface area contributed by atoms with Crippen LogP contribution in [-0.4, -0.2) is 72.9 Å². The van der Waals surface area contributed by atoms with Crippen molar-refractivity contribution in [1.82, 2.24) is 0 Å². The summed E-state index contributed by atoms with van der Waals surface area (Å²) in [5.74, 6) is 0. The molecule has 5 heavy (non-hydrogen) atoms. The molecule has 0 aromatic rings. The number of hydrogen-bond acceptors (Lipinski definition) is 0. The summed E-state index contributed by atoms with van der Waals surface area (Å²) < 4.78 is 0. The van der Waals surface area contributed by atoms with Gasteiger partial charge in [0.2, 0.25) is 0 Å². The van der Waals surface area contributed by atoms with Crippen molar-refractivity contribution >= 4 is 72.9 Å². The van der Waals surface area contributed by atoms with E-state index in [1.165, 1.54) is 0 Å². The van der Waals surface area contributed by atoms with Crippen LogP contribution in [0.3, 0.4) is 0 Å². The van der Waals surface area contributed by atoms with Crippen molar-refractivity contribution in [2.75, 3.05) is 0 Å². The fourth-order valence-electron chi connectivity index (χ4n) is 0. The van der Waals surface area contributed by atoms with Gasteiger partial charge in [0, 0.05) is 17.1 Å². The molecule has 0 atom stereocenters. The van der Waals surface area contributed by atoms with Crippen LogP contribution in [0.5, 0.6) is 0 Å². The summed E-state index contributed by atoms with van der Waals surface area (Å²) in [4.78, 5) is 0. The molecule has 0 aliphatic rings. The maximum absolute atomic E-state index is 2.50. The quantitative estimate of drug-likeness (QED) is 0.370. The molecule has 0 N–H and O–H groups in total. The molecule has 0 aromatic carbocycles. The summed E-state index contributed by atoms with van der Waals surface area (Å²) in [6, 6.07) is 0. The molecular formula is H6CuGaInSe2. The van der Waals surface area contributed by atoms with Crippen molar-refractivity contribution < 1.29 is 17.1 Å². The molecule has 35 valence electrons. The predicted octanol–water partition coefficient (Wildman–Crippen LogP) is -3.13. The van der Waals surface area contributed by atoms with Crippen LogP contribution in [0.15, 0.2) is 0 Å². The summed E-state index contributed by atoms with van der Waals surface area (Å²) in [5.41, 5.74) is 0. The van der Waals surface area contributed by atoms with Gasteiger partial charge in [0.1, 0.15) is 0 Å². The minimum absolute atomic E-state index is 0. The van der Waals surface area contributed by atoms with Gasteiger partial charge in [-0.2, -0.15) is 0 Å². The SMILES string of the molecule is [Cu].[GaH3].[InH3].[Se]=[Se]. The van der Waals surface area contributed by atoms with Gasteiger partial charge in [-0.3, -0.25) is 0 Å². The zero-order chi connectivity index (χ0) is 2.00. The maximum atomic E-state index is 2.50. The second-order valence-electron chi connectivity index (χ2n) is 0. The first-order valence-electron chi connectivity index (χ1n) is 0.167. The topological polar surface area (TPSA) is 0 Å². The summed E-state index contributed by atoms with van der Waals surface area (Å²) in [5, 5.41) is 0. The fraction of sp³-hybridized carbons (Fsp3) is 0. The van der Waals surface area contributed by atoms with E-state index in [0.717, 1.165) is 0 Å². The van der Waals surface area contributed by atoms with Gasteiger partial charge in [0.25, 0.3) is 0 Å². The average Bonchev–Trinajstić information content (AvgIpc) is 1.00. The Balaban J connectivity index is -0.00000000167. The predicted molar refractivity (Wildman–Crippen MR) is 31.4 cm³/mol. The van der Waals surface area contributed by atoms with E-state index in [2.05, 4.69) is 27.3 Å². The average molecular weight is 412 g/mol. The van der Waals surface area contributed by atoms with Crippen molar-refractivity contribution in [1.29, 1.82) is 0 Å². The molecule has 0 unspecified atom stereocenters. The molecule has 0 aliphatic carbocycles. The Labute approximate surface area is 88.4 Å². The molecule has 0 aliphatic heterocycles. The third kappa shape index (κ3) is 19.3. The molecular weight excluding hydrogens is 406 g/mol. The molecule has 0 aromatic heterocycles. The van der Waals surface area contributed by atoms with Crippen LogP contribution in [0.25, 0.3) is 0 Å². The van der Waals surface area contributed by atoms with E-state index in [-0.39, 0.29) is 62.7 Å². The van der Waals surface area contributed by atoms with E-state index in [0.29, 0.717) is 0 Å². The molecule has 0 saturated carbocycles. The van der Waals surface area contributed by atoms with Gasteiger partial charge in [-0.1, -0.05) is 0 Å². The van der Waals surface area contributed by atoms with E-state index in [9.17, 15) is 0 Å². The normalized spacial score (nSPS) is 0.800. The first-order chi connectivity index (χ1) is 1.00. The Bertz CT molecular complexity index is 9.61. The van der Waals surface area contributed by atoms with E-state index in [1.807, 2.05) is 0 Å². The molecule has 1 radical (unpaired) electrons. The van der Waals surface area contributed by atoms with Gasteiger partial charge >= 0.3 is 72.9 Å². The van der Waals surface area contributed by atoms with Gasteiger partial charge < -0.3 is 0 Å². The zero-order valence-electron chi connectivity index (χ0n) is 1.12. The van der Waals surface area contributed by atoms with Crippen molar-refractivity contribution in [2.45, 2.75) is 0 Å².